The van der Waals surface area contributed by atoms with Gasteiger partial charge in [0.15, 0.2) is 0 Å². The summed E-state index contributed by atoms with van der Waals surface area (Å²) in [4.78, 5) is 50.4. The second kappa shape index (κ2) is 18.1. The molecule has 0 spiro atoms. The first-order chi connectivity index (χ1) is 21.9. The van der Waals surface area contributed by atoms with Gasteiger partial charge in [-0.25, -0.2) is 9.97 Å². The highest BCUT2D eigenvalue weighted by atomic mass is 16.3. The number of hydrogen-bond donors (Lipinski definition) is 5. The van der Waals surface area contributed by atoms with E-state index in [9.17, 15) is 19.5 Å². The molecular weight excluding hydrogens is 570 g/mol. The lowest BCUT2D eigenvalue weighted by atomic mass is 9.87. The number of nitrogens with zero attached hydrogens (tertiary/aromatic N) is 3. The average molecular weight is 620 g/mol. The van der Waals surface area contributed by atoms with E-state index in [4.69, 9.17) is 0 Å². The van der Waals surface area contributed by atoms with E-state index in [1.165, 1.54) is 37.7 Å². The number of carbonyl (C=O) groups excluding carboxylic acids is 3. The zero-order valence-corrected chi connectivity index (χ0v) is 26.5. The Hall–Kier alpha value is -3.99. The first kappa shape index (κ1) is 33.9. The molecule has 5 N–H and O–H groups in total. The molecule has 0 radical (unpaired) electrons. The minimum absolute atomic E-state index is 0.0782. The molecule has 2 heterocycles. The van der Waals surface area contributed by atoms with Gasteiger partial charge in [-0.05, 0) is 62.5 Å². The number of aryl methyl sites for hydroxylation is 4. The fourth-order valence-electron chi connectivity index (χ4n) is 5.96. The zero-order chi connectivity index (χ0) is 31.9. The van der Waals surface area contributed by atoms with E-state index < -0.39 is 24.6 Å². The second-order valence-electron chi connectivity index (χ2n) is 12.2. The van der Waals surface area contributed by atoms with Crippen molar-refractivity contribution in [2.45, 2.75) is 103 Å². The van der Waals surface area contributed by atoms with Crippen molar-refractivity contribution in [2.24, 2.45) is 5.92 Å². The highest BCUT2D eigenvalue weighted by Gasteiger charge is 2.27. The van der Waals surface area contributed by atoms with E-state index >= 15 is 0 Å². The summed E-state index contributed by atoms with van der Waals surface area (Å²) >= 11 is 0. The number of imidazole rings is 2. The molecule has 11 heteroatoms. The quantitative estimate of drug-likeness (QED) is 0.138. The number of aliphatic hydroxyl groups is 1. The van der Waals surface area contributed by atoms with Gasteiger partial charge in [0.2, 0.25) is 17.7 Å². The number of aromatic nitrogens is 4. The summed E-state index contributed by atoms with van der Waals surface area (Å²) in [5.74, 6) is 0.417. The predicted molar refractivity (Wildman–Crippen MR) is 172 cm³/mol. The van der Waals surface area contributed by atoms with Crippen LogP contribution in [-0.2, 0) is 40.2 Å². The van der Waals surface area contributed by atoms with Gasteiger partial charge in [-0.3, -0.25) is 14.4 Å². The molecule has 1 fully saturated rings. The van der Waals surface area contributed by atoms with Crippen molar-refractivity contribution in [2.75, 3.05) is 13.2 Å². The third-order valence-corrected chi connectivity index (χ3v) is 8.73. The van der Waals surface area contributed by atoms with Crippen LogP contribution in [0.5, 0.6) is 0 Å². The van der Waals surface area contributed by atoms with Gasteiger partial charge in [-0.15, -0.1) is 0 Å². The molecule has 3 amide bonds. The van der Waals surface area contributed by atoms with E-state index in [1.54, 1.807) is 12.5 Å². The first-order valence-corrected chi connectivity index (χ1v) is 16.4. The molecule has 0 aliphatic heterocycles. The molecule has 0 saturated heterocycles. The number of carbonyl (C=O) groups is 3. The topological polar surface area (TPSA) is 154 Å². The number of nitrogens with one attached hydrogen (secondary N) is 4. The molecule has 2 atom stereocenters. The normalized spacial score (nSPS) is 14.9. The van der Waals surface area contributed by atoms with Gasteiger partial charge in [0.1, 0.15) is 17.9 Å². The van der Waals surface area contributed by atoms with Crippen molar-refractivity contribution in [1.29, 1.82) is 0 Å². The van der Waals surface area contributed by atoms with Crippen molar-refractivity contribution < 1.29 is 19.5 Å². The SMILES string of the molecule is Cc1nccn1CCCCc1ccc(CC(=O)N[C@@H](CO)C(=O)N[C@@H](CCc2cnc[nH]2)C(=O)NCCC2CCCCC2)cc1. The smallest absolute Gasteiger partial charge is 0.245 e. The number of unbranched alkanes of at least 4 members (excludes halogenated alkanes) is 1. The molecule has 1 aromatic carbocycles. The lowest BCUT2D eigenvalue weighted by Gasteiger charge is -2.24. The first-order valence-electron chi connectivity index (χ1n) is 16.4. The molecule has 0 unspecified atom stereocenters. The maximum atomic E-state index is 13.1. The largest absolute Gasteiger partial charge is 0.394 e. The number of rotatable bonds is 18. The number of H-pyrrole nitrogens is 1. The van der Waals surface area contributed by atoms with Gasteiger partial charge >= 0.3 is 0 Å². The summed E-state index contributed by atoms with van der Waals surface area (Å²) < 4.78 is 2.15. The zero-order valence-electron chi connectivity index (χ0n) is 26.5. The molecule has 1 aliphatic carbocycles. The summed E-state index contributed by atoms with van der Waals surface area (Å²) in [6.45, 7) is 2.93. The number of amides is 3. The Morgan fingerprint density at radius 2 is 1.78 bits per heavy atom. The third kappa shape index (κ3) is 11.5. The van der Waals surface area contributed by atoms with Crippen molar-refractivity contribution in [3.8, 4) is 0 Å². The van der Waals surface area contributed by atoms with Gasteiger partial charge in [0, 0.05) is 37.4 Å². The van der Waals surface area contributed by atoms with Crippen LogP contribution in [0.15, 0.2) is 49.2 Å². The van der Waals surface area contributed by atoms with E-state index in [0.717, 1.165) is 49.3 Å². The molecule has 11 nitrogen and oxygen atoms in total. The maximum absolute atomic E-state index is 13.1. The summed E-state index contributed by atoms with van der Waals surface area (Å²) in [7, 11) is 0. The van der Waals surface area contributed by atoms with Crippen LogP contribution in [-0.4, -0.2) is 67.6 Å². The number of benzene rings is 1. The number of aliphatic hydroxyl groups excluding tert-OH is 1. The Labute approximate surface area is 266 Å². The van der Waals surface area contributed by atoms with Gasteiger partial charge in [-0.2, -0.15) is 0 Å². The second-order valence-corrected chi connectivity index (χ2v) is 12.2. The monoisotopic (exact) mass is 619 g/mol. The minimum Gasteiger partial charge on any atom is -0.394 e. The van der Waals surface area contributed by atoms with Crippen LogP contribution in [0.25, 0.3) is 0 Å². The Bertz CT molecular complexity index is 1320. The van der Waals surface area contributed by atoms with Crippen LogP contribution < -0.4 is 16.0 Å². The molecule has 2 aromatic heterocycles. The van der Waals surface area contributed by atoms with Crippen LogP contribution in [0.3, 0.4) is 0 Å². The summed E-state index contributed by atoms with van der Waals surface area (Å²) in [6.07, 6.45) is 18.2. The molecule has 45 heavy (non-hydrogen) atoms. The standard InChI is InChI=1S/C34H49N7O4/c1-25-36-18-20-41(25)19-6-5-9-27-10-12-28(13-11-27)21-32(43)39-31(23-42)34(45)40-30(15-14-29-22-35-24-38-29)33(44)37-17-16-26-7-3-2-4-8-26/h10-13,18,20,22,24,26,30-31,42H,2-9,14-17,19,21,23H2,1H3,(H,35,38)(H,37,44)(H,39,43)(H,40,45)/t30-,31-/m0/s1. The van der Waals surface area contributed by atoms with Gasteiger partial charge in [-0.1, -0.05) is 56.4 Å². The third-order valence-electron chi connectivity index (χ3n) is 8.73. The molecule has 0 bridgehead atoms. The van der Waals surface area contributed by atoms with Gasteiger partial charge in [0.05, 0.1) is 19.4 Å². The van der Waals surface area contributed by atoms with Crippen molar-refractivity contribution in [3.05, 3.63) is 71.8 Å². The number of aromatic amines is 1. The number of hydrogen-bond acceptors (Lipinski definition) is 6. The Balaban J connectivity index is 1.23. The Morgan fingerprint density at radius 3 is 2.47 bits per heavy atom. The average Bonchev–Trinajstić information content (AvgIpc) is 3.73. The summed E-state index contributed by atoms with van der Waals surface area (Å²) in [6, 6.07) is 5.92. The van der Waals surface area contributed by atoms with Gasteiger partial charge in [0.25, 0.3) is 0 Å². The summed E-state index contributed by atoms with van der Waals surface area (Å²) in [5, 5.41) is 18.3. The van der Waals surface area contributed by atoms with Crippen LogP contribution >= 0.6 is 0 Å². The van der Waals surface area contributed by atoms with Crippen molar-refractivity contribution in [1.82, 2.24) is 35.5 Å². The highest BCUT2D eigenvalue weighted by molar-refractivity contribution is 5.92. The Kier molecular flexibility index (Phi) is 13.6. The van der Waals surface area contributed by atoms with E-state index in [0.29, 0.717) is 25.3 Å². The molecule has 4 rings (SSSR count). The molecule has 244 valence electrons. The molecule has 3 aromatic rings. The van der Waals surface area contributed by atoms with Crippen LogP contribution in [0, 0.1) is 12.8 Å². The van der Waals surface area contributed by atoms with Crippen molar-refractivity contribution in [3.63, 3.8) is 0 Å². The van der Waals surface area contributed by atoms with Gasteiger partial charge < -0.3 is 30.6 Å². The molecule has 1 aliphatic rings. The Morgan fingerprint density at radius 1 is 1.00 bits per heavy atom. The lowest BCUT2D eigenvalue weighted by Crippen LogP contribution is -2.55. The summed E-state index contributed by atoms with van der Waals surface area (Å²) in [5.41, 5.74) is 2.87. The minimum atomic E-state index is -1.17. The van der Waals surface area contributed by atoms with Crippen LogP contribution in [0.1, 0.15) is 80.4 Å². The highest BCUT2D eigenvalue weighted by Crippen LogP contribution is 2.25. The van der Waals surface area contributed by atoms with Crippen LogP contribution in [0.4, 0.5) is 0 Å². The van der Waals surface area contributed by atoms with Crippen LogP contribution in [0.2, 0.25) is 0 Å². The maximum Gasteiger partial charge on any atom is 0.245 e. The lowest BCUT2D eigenvalue weighted by molar-refractivity contribution is -0.132. The van der Waals surface area contributed by atoms with E-state index in [-0.39, 0.29) is 18.2 Å². The van der Waals surface area contributed by atoms with E-state index in [2.05, 4.69) is 35.5 Å². The van der Waals surface area contributed by atoms with E-state index in [1.807, 2.05) is 43.6 Å². The van der Waals surface area contributed by atoms with Crippen molar-refractivity contribution >= 4 is 17.7 Å². The molecular formula is C34H49N7O4. The fraction of sp³-hybridized carbons (Fsp3) is 0.559. The predicted octanol–water partition coefficient (Wildman–Crippen LogP) is 3.16. The fourth-order valence-corrected chi connectivity index (χ4v) is 5.96. The molecule has 1 saturated carbocycles.